The summed E-state index contributed by atoms with van der Waals surface area (Å²) in [6.07, 6.45) is 2.89. The first-order valence-electron chi connectivity index (χ1n) is 4.99. The van der Waals surface area contributed by atoms with Gasteiger partial charge in [0, 0.05) is 29.3 Å². The Balaban J connectivity index is 2.28. The molecule has 0 aliphatic rings. The number of hydrogen-bond acceptors (Lipinski definition) is 4. The van der Waals surface area contributed by atoms with Gasteiger partial charge in [-0.2, -0.15) is 5.26 Å². The van der Waals surface area contributed by atoms with Crippen LogP contribution in [-0.4, -0.2) is 17.9 Å². The molecule has 0 spiro atoms. The summed E-state index contributed by atoms with van der Waals surface area (Å²) in [7, 11) is 1.69. The first-order chi connectivity index (χ1) is 8.61. The van der Waals surface area contributed by atoms with E-state index in [4.69, 9.17) is 5.26 Å². The van der Waals surface area contributed by atoms with Crippen LogP contribution in [-0.2, 0) is 0 Å². The third-order valence-corrected chi connectivity index (χ3v) is 4.07. The maximum Gasteiger partial charge on any atom is 0.260 e. The Hall–Kier alpha value is -1.71. The number of carbonyl (C=O) groups excluding carboxylic acids is 1. The molecule has 0 aromatic carbocycles. The van der Waals surface area contributed by atoms with Gasteiger partial charge >= 0.3 is 0 Å². The maximum absolute atomic E-state index is 12.2. The minimum Gasteiger partial charge on any atom is -0.303 e. The average molecular weight is 322 g/mol. The van der Waals surface area contributed by atoms with Gasteiger partial charge in [0.1, 0.15) is 6.07 Å². The molecule has 0 bridgehead atoms. The third-order valence-electron chi connectivity index (χ3n) is 2.30. The molecule has 0 saturated carbocycles. The van der Waals surface area contributed by atoms with Crippen LogP contribution in [0.25, 0.3) is 0 Å². The second-order valence-corrected chi connectivity index (χ2v) is 5.35. The first-order valence-corrected chi connectivity index (χ1v) is 6.66. The van der Waals surface area contributed by atoms with Gasteiger partial charge in [0.25, 0.3) is 5.91 Å². The second kappa shape index (κ2) is 5.29. The lowest BCUT2D eigenvalue weighted by Gasteiger charge is -2.14. The van der Waals surface area contributed by atoms with Crippen LogP contribution in [0, 0.1) is 11.3 Å². The van der Waals surface area contributed by atoms with Crippen LogP contribution in [0.2, 0.25) is 0 Å². The SMILES string of the molecule is CN(C(=O)c1cncc(C#N)c1)c1cc(Br)cs1. The average Bonchev–Trinajstić information content (AvgIpc) is 2.83. The van der Waals surface area contributed by atoms with Crippen molar-refractivity contribution in [1.82, 2.24) is 4.98 Å². The van der Waals surface area contributed by atoms with Gasteiger partial charge in [-0.3, -0.25) is 9.78 Å². The van der Waals surface area contributed by atoms with E-state index >= 15 is 0 Å². The fraction of sp³-hybridized carbons (Fsp3) is 0.0833. The summed E-state index contributed by atoms with van der Waals surface area (Å²) in [6, 6.07) is 5.37. The number of nitriles is 1. The minimum atomic E-state index is -0.186. The van der Waals surface area contributed by atoms with Crippen molar-refractivity contribution in [2.75, 3.05) is 11.9 Å². The van der Waals surface area contributed by atoms with Gasteiger partial charge in [0.2, 0.25) is 0 Å². The van der Waals surface area contributed by atoms with Gasteiger partial charge in [-0.25, -0.2) is 0 Å². The van der Waals surface area contributed by atoms with Gasteiger partial charge in [-0.1, -0.05) is 0 Å². The molecule has 2 aromatic rings. The molecule has 2 heterocycles. The number of thiophene rings is 1. The molecule has 0 radical (unpaired) electrons. The summed E-state index contributed by atoms with van der Waals surface area (Å²) in [5, 5.41) is 11.5. The molecule has 0 saturated heterocycles. The molecule has 0 aliphatic heterocycles. The maximum atomic E-state index is 12.2. The van der Waals surface area contributed by atoms with Crippen molar-refractivity contribution in [3.8, 4) is 6.07 Å². The number of amides is 1. The zero-order valence-corrected chi connectivity index (χ0v) is 11.8. The molecule has 6 heteroatoms. The second-order valence-electron chi connectivity index (χ2n) is 3.54. The molecule has 4 nitrogen and oxygen atoms in total. The van der Waals surface area contributed by atoms with Crippen molar-refractivity contribution in [3.63, 3.8) is 0 Å². The molecule has 18 heavy (non-hydrogen) atoms. The van der Waals surface area contributed by atoms with Gasteiger partial charge in [0.05, 0.1) is 16.1 Å². The van der Waals surface area contributed by atoms with Crippen LogP contribution >= 0.6 is 27.3 Å². The molecule has 0 N–H and O–H groups in total. The van der Waals surface area contributed by atoms with Gasteiger partial charge in [-0.15, -0.1) is 11.3 Å². The third kappa shape index (κ3) is 2.58. The smallest absolute Gasteiger partial charge is 0.260 e. The van der Waals surface area contributed by atoms with E-state index in [1.807, 2.05) is 17.5 Å². The molecule has 0 unspecified atom stereocenters. The van der Waals surface area contributed by atoms with Crippen molar-refractivity contribution < 1.29 is 4.79 Å². The highest BCUT2D eigenvalue weighted by atomic mass is 79.9. The van der Waals surface area contributed by atoms with E-state index in [2.05, 4.69) is 20.9 Å². The standard InChI is InChI=1S/C12H8BrN3OS/c1-16(11-3-10(13)7-18-11)12(17)9-2-8(4-14)5-15-6-9/h2-3,5-7H,1H3. The summed E-state index contributed by atoms with van der Waals surface area (Å²) in [5.41, 5.74) is 0.780. The van der Waals surface area contributed by atoms with E-state index in [0.29, 0.717) is 11.1 Å². The summed E-state index contributed by atoms with van der Waals surface area (Å²) >= 11 is 4.81. The van der Waals surface area contributed by atoms with E-state index in [0.717, 1.165) is 9.47 Å². The zero-order valence-electron chi connectivity index (χ0n) is 9.42. The number of pyridine rings is 1. The number of carbonyl (C=O) groups is 1. The van der Waals surface area contributed by atoms with Crippen LogP contribution in [0.3, 0.4) is 0 Å². The lowest BCUT2D eigenvalue weighted by Crippen LogP contribution is -2.25. The summed E-state index contributed by atoms with van der Waals surface area (Å²) in [4.78, 5) is 17.6. The number of halogens is 1. The highest BCUT2D eigenvalue weighted by Gasteiger charge is 2.15. The van der Waals surface area contributed by atoms with Crippen LogP contribution in [0.15, 0.2) is 34.4 Å². The number of rotatable bonds is 2. The van der Waals surface area contributed by atoms with E-state index in [-0.39, 0.29) is 5.91 Å². The molecule has 1 amide bonds. The molecule has 0 aliphatic carbocycles. The Morgan fingerprint density at radius 2 is 2.28 bits per heavy atom. The lowest BCUT2D eigenvalue weighted by atomic mass is 10.2. The first kappa shape index (κ1) is 12.7. The van der Waals surface area contributed by atoms with E-state index in [1.54, 1.807) is 7.05 Å². The number of anilines is 1. The fourth-order valence-electron chi connectivity index (χ4n) is 1.39. The van der Waals surface area contributed by atoms with Gasteiger partial charge in [-0.05, 0) is 28.1 Å². The van der Waals surface area contributed by atoms with Crippen LogP contribution in [0.1, 0.15) is 15.9 Å². The van der Waals surface area contributed by atoms with Gasteiger partial charge < -0.3 is 4.90 Å². The molecule has 2 rings (SSSR count). The Morgan fingerprint density at radius 1 is 1.50 bits per heavy atom. The molecular formula is C12H8BrN3OS. The topological polar surface area (TPSA) is 57.0 Å². The zero-order chi connectivity index (χ0) is 13.1. The van der Waals surface area contributed by atoms with Crippen molar-refractivity contribution in [1.29, 1.82) is 5.26 Å². The van der Waals surface area contributed by atoms with Crippen molar-refractivity contribution in [2.24, 2.45) is 0 Å². The predicted octanol–water partition coefficient (Wildman–Crippen LogP) is 3.05. The van der Waals surface area contributed by atoms with E-state index in [9.17, 15) is 4.79 Å². The van der Waals surface area contributed by atoms with Crippen molar-refractivity contribution in [2.45, 2.75) is 0 Å². The Labute approximate surface area is 117 Å². The largest absolute Gasteiger partial charge is 0.303 e. The van der Waals surface area contributed by atoms with Crippen molar-refractivity contribution in [3.05, 3.63) is 45.5 Å². The molecule has 2 aromatic heterocycles. The van der Waals surface area contributed by atoms with Crippen LogP contribution in [0.5, 0.6) is 0 Å². The van der Waals surface area contributed by atoms with Crippen LogP contribution < -0.4 is 4.90 Å². The monoisotopic (exact) mass is 321 g/mol. The Bertz CT molecular complexity index is 632. The summed E-state index contributed by atoms with van der Waals surface area (Å²) in [6.45, 7) is 0. The Kier molecular flexibility index (Phi) is 3.75. The van der Waals surface area contributed by atoms with Crippen LogP contribution in [0.4, 0.5) is 5.00 Å². The lowest BCUT2D eigenvalue weighted by molar-refractivity contribution is 0.0993. The highest BCUT2D eigenvalue weighted by Crippen LogP contribution is 2.28. The molecule has 0 fully saturated rings. The van der Waals surface area contributed by atoms with Crippen molar-refractivity contribution >= 4 is 38.2 Å². The number of hydrogen-bond donors (Lipinski definition) is 0. The quantitative estimate of drug-likeness (QED) is 0.854. The Morgan fingerprint density at radius 3 is 2.89 bits per heavy atom. The predicted molar refractivity (Wildman–Crippen MR) is 73.7 cm³/mol. The van der Waals surface area contributed by atoms with E-state index in [1.165, 1.54) is 34.7 Å². The normalized spacial score (nSPS) is 9.83. The van der Waals surface area contributed by atoms with E-state index < -0.39 is 0 Å². The molecular weight excluding hydrogens is 314 g/mol. The highest BCUT2D eigenvalue weighted by molar-refractivity contribution is 9.10. The molecule has 90 valence electrons. The molecule has 0 atom stereocenters. The summed E-state index contributed by atoms with van der Waals surface area (Å²) < 4.78 is 0.936. The van der Waals surface area contributed by atoms with Gasteiger partial charge in [0.15, 0.2) is 0 Å². The fourth-order valence-corrected chi connectivity index (χ4v) is 2.78. The summed E-state index contributed by atoms with van der Waals surface area (Å²) in [5.74, 6) is -0.186. The number of nitrogens with zero attached hydrogens (tertiary/aromatic N) is 3. The minimum absolute atomic E-state index is 0.186. The number of aromatic nitrogens is 1.